The molecule has 4 heteroatoms. The molecule has 0 spiro atoms. The Bertz CT molecular complexity index is 389. The summed E-state index contributed by atoms with van der Waals surface area (Å²) in [7, 11) is 0. The molecule has 0 amide bonds. The van der Waals surface area contributed by atoms with Crippen molar-refractivity contribution in [3.63, 3.8) is 0 Å². The first-order valence-corrected chi connectivity index (χ1v) is 6.83. The minimum atomic E-state index is 0.334. The Morgan fingerprint density at radius 1 is 1.41 bits per heavy atom. The van der Waals surface area contributed by atoms with Crippen molar-refractivity contribution in [1.82, 2.24) is 4.98 Å². The zero-order valence-electron chi connectivity index (χ0n) is 10.4. The average molecular weight is 299 g/mol. The standard InChI is InChI=1S/C13H19BrN2O/c1-10-11(14)3-4-12(16-10)15-9-13(2)5-7-17-8-6-13/h3-4H,5-9H2,1-2H3,(H,15,16). The monoisotopic (exact) mass is 298 g/mol. The van der Waals surface area contributed by atoms with Crippen molar-refractivity contribution in [1.29, 1.82) is 0 Å². The van der Waals surface area contributed by atoms with Gasteiger partial charge in [-0.15, -0.1) is 0 Å². The van der Waals surface area contributed by atoms with E-state index < -0.39 is 0 Å². The largest absolute Gasteiger partial charge is 0.381 e. The summed E-state index contributed by atoms with van der Waals surface area (Å²) in [6.45, 7) is 7.04. The van der Waals surface area contributed by atoms with Gasteiger partial charge < -0.3 is 10.1 Å². The number of pyridine rings is 1. The molecule has 1 fully saturated rings. The fraction of sp³-hybridized carbons (Fsp3) is 0.615. The van der Waals surface area contributed by atoms with Crippen molar-refractivity contribution in [3.8, 4) is 0 Å². The van der Waals surface area contributed by atoms with E-state index in [4.69, 9.17) is 4.74 Å². The molecule has 3 nitrogen and oxygen atoms in total. The van der Waals surface area contributed by atoms with Crippen molar-refractivity contribution in [2.75, 3.05) is 25.1 Å². The van der Waals surface area contributed by atoms with Gasteiger partial charge in [-0.2, -0.15) is 0 Å². The summed E-state index contributed by atoms with van der Waals surface area (Å²) in [6.07, 6.45) is 2.24. The van der Waals surface area contributed by atoms with E-state index in [2.05, 4.69) is 33.2 Å². The SMILES string of the molecule is Cc1nc(NCC2(C)CCOCC2)ccc1Br. The molecule has 0 aliphatic carbocycles. The van der Waals surface area contributed by atoms with E-state index in [0.29, 0.717) is 5.41 Å². The highest BCUT2D eigenvalue weighted by molar-refractivity contribution is 9.10. The van der Waals surface area contributed by atoms with Gasteiger partial charge in [0.15, 0.2) is 0 Å². The van der Waals surface area contributed by atoms with E-state index in [1.807, 2.05) is 19.1 Å². The zero-order valence-corrected chi connectivity index (χ0v) is 12.0. The van der Waals surface area contributed by atoms with E-state index in [0.717, 1.165) is 48.6 Å². The number of rotatable bonds is 3. The Balaban J connectivity index is 1.94. The zero-order chi connectivity index (χ0) is 12.3. The topological polar surface area (TPSA) is 34.2 Å². The van der Waals surface area contributed by atoms with Crippen LogP contribution in [0.3, 0.4) is 0 Å². The number of hydrogen-bond acceptors (Lipinski definition) is 3. The van der Waals surface area contributed by atoms with Crippen LogP contribution in [0.2, 0.25) is 0 Å². The molecule has 1 aliphatic heterocycles. The van der Waals surface area contributed by atoms with Gasteiger partial charge in [-0.05, 0) is 53.2 Å². The third kappa shape index (κ3) is 3.42. The molecule has 17 heavy (non-hydrogen) atoms. The van der Waals surface area contributed by atoms with Crippen LogP contribution in [0.5, 0.6) is 0 Å². The molecule has 1 aromatic rings. The second-order valence-electron chi connectivity index (χ2n) is 5.04. The van der Waals surface area contributed by atoms with Crippen molar-refractivity contribution in [3.05, 3.63) is 22.3 Å². The minimum absolute atomic E-state index is 0.334. The first-order chi connectivity index (χ1) is 8.09. The lowest BCUT2D eigenvalue weighted by atomic mass is 9.82. The van der Waals surface area contributed by atoms with Crippen LogP contribution >= 0.6 is 15.9 Å². The summed E-state index contributed by atoms with van der Waals surface area (Å²) < 4.78 is 6.46. The molecular weight excluding hydrogens is 280 g/mol. The molecule has 0 radical (unpaired) electrons. The van der Waals surface area contributed by atoms with E-state index in [1.54, 1.807) is 0 Å². The highest BCUT2D eigenvalue weighted by atomic mass is 79.9. The average Bonchev–Trinajstić information content (AvgIpc) is 2.32. The van der Waals surface area contributed by atoms with Crippen LogP contribution in [0.15, 0.2) is 16.6 Å². The number of halogens is 1. The molecule has 94 valence electrons. The van der Waals surface area contributed by atoms with Gasteiger partial charge in [0, 0.05) is 24.2 Å². The molecule has 1 N–H and O–H groups in total. The molecule has 1 aliphatic rings. The number of aromatic nitrogens is 1. The van der Waals surface area contributed by atoms with Gasteiger partial charge in [-0.25, -0.2) is 4.98 Å². The Morgan fingerprint density at radius 2 is 2.12 bits per heavy atom. The van der Waals surface area contributed by atoms with Crippen molar-refractivity contribution in [2.24, 2.45) is 5.41 Å². The molecule has 0 atom stereocenters. The highest BCUT2D eigenvalue weighted by Gasteiger charge is 2.27. The summed E-state index contributed by atoms with van der Waals surface area (Å²) >= 11 is 3.46. The summed E-state index contributed by atoms with van der Waals surface area (Å²) in [6, 6.07) is 4.05. The Hall–Kier alpha value is -0.610. The highest BCUT2D eigenvalue weighted by Crippen LogP contribution is 2.29. The predicted molar refractivity (Wildman–Crippen MR) is 73.3 cm³/mol. The summed E-state index contributed by atoms with van der Waals surface area (Å²) in [5, 5.41) is 3.44. The maximum absolute atomic E-state index is 5.40. The first-order valence-electron chi connectivity index (χ1n) is 6.04. The minimum Gasteiger partial charge on any atom is -0.381 e. The van der Waals surface area contributed by atoms with Crippen molar-refractivity contribution < 1.29 is 4.74 Å². The van der Waals surface area contributed by atoms with Crippen LogP contribution < -0.4 is 5.32 Å². The van der Waals surface area contributed by atoms with Crippen molar-refractivity contribution in [2.45, 2.75) is 26.7 Å². The Kier molecular flexibility index (Phi) is 4.05. The number of aryl methyl sites for hydroxylation is 1. The Morgan fingerprint density at radius 3 is 2.76 bits per heavy atom. The smallest absolute Gasteiger partial charge is 0.126 e. The van der Waals surface area contributed by atoms with Gasteiger partial charge in [0.1, 0.15) is 5.82 Å². The van der Waals surface area contributed by atoms with Crippen LogP contribution in [0.1, 0.15) is 25.5 Å². The quantitative estimate of drug-likeness (QED) is 0.929. The lowest BCUT2D eigenvalue weighted by Gasteiger charge is -2.33. The molecule has 0 unspecified atom stereocenters. The molecule has 1 aromatic heterocycles. The Labute approximate surface area is 111 Å². The number of nitrogens with zero attached hydrogens (tertiary/aromatic N) is 1. The van der Waals surface area contributed by atoms with Crippen LogP contribution in [0, 0.1) is 12.3 Å². The number of nitrogens with one attached hydrogen (secondary N) is 1. The van der Waals surface area contributed by atoms with Crippen LogP contribution in [0.4, 0.5) is 5.82 Å². The van der Waals surface area contributed by atoms with Gasteiger partial charge in [-0.3, -0.25) is 0 Å². The molecule has 0 bridgehead atoms. The van der Waals surface area contributed by atoms with Gasteiger partial charge in [0.25, 0.3) is 0 Å². The van der Waals surface area contributed by atoms with Gasteiger partial charge >= 0.3 is 0 Å². The third-order valence-corrected chi connectivity index (χ3v) is 4.26. The molecule has 0 aromatic carbocycles. The van der Waals surface area contributed by atoms with E-state index in [1.165, 1.54) is 0 Å². The van der Waals surface area contributed by atoms with Gasteiger partial charge in [0.05, 0.1) is 5.69 Å². The second-order valence-corrected chi connectivity index (χ2v) is 5.89. The number of hydrogen-bond donors (Lipinski definition) is 1. The summed E-state index contributed by atoms with van der Waals surface area (Å²) in [5.74, 6) is 0.957. The van der Waals surface area contributed by atoms with Crippen molar-refractivity contribution >= 4 is 21.7 Å². The van der Waals surface area contributed by atoms with Crippen LogP contribution in [-0.2, 0) is 4.74 Å². The van der Waals surface area contributed by atoms with E-state index >= 15 is 0 Å². The molecular formula is C13H19BrN2O. The van der Waals surface area contributed by atoms with E-state index in [-0.39, 0.29) is 0 Å². The lowest BCUT2D eigenvalue weighted by molar-refractivity contribution is 0.0300. The predicted octanol–water partition coefficient (Wildman–Crippen LogP) is 3.38. The normalized spacial score (nSPS) is 19.0. The van der Waals surface area contributed by atoms with Gasteiger partial charge in [-0.1, -0.05) is 6.92 Å². The first kappa shape index (κ1) is 12.8. The third-order valence-electron chi connectivity index (χ3n) is 3.42. The maximum Gasteiger partial charge on any atom is 0.126 e. The second kappa shape index (κ2) is 5.36. The fourth-order valence-electron chi connectivity index (χ4n) is 1.99. The maximum atomic E-state index is 5.40. The lowest BCUT2D eigenvalue weighted by Crippen LogP contribution is -2.33. The van der Waals surface area contributed by atoms with Crippen LogP contribution in [0.25, 0.3) is 0 Å². The van der Waals surface area contributed by atoms with E-state index in [9.17, 15) is 0 Å². The molecule has 2 rings (SSSR count). The summed E-state index contributed by atoms with van der Waals surface area (Å²) in [4.78, 5) is 4.50. The molecule has 0 saturated carbocycles. The molecule has 1 saturated heterocycles. The van der Waals surface area contributed by atoms with Crippen LogP contribution in [-0.4, -0.2) is 24.7 Å². The fourth-order valence-corrected chi connectivity index (χ4v) is 2.21. The van der Waals surface area contributed by atoms with Gasteiger partial charge in [0.2, 0.25) is 0 Å². The summed E-state index contributed by atoms with van der Waals surface area (Å²) in [5.41, 5.74) is 1.35. The number of ether oxygens (including phenoxy) is 1. The molecule has 2 heterocycles. The number of anilines is 1.